The number of hydrogen-bond acceptors (Lipinski definition) is 1. The molecule has 74 valence electrons. The molecule has 0 radical (unpaired) electrons. The third-order valence-corrected chi connectivity index (χ3v) is 2.31. The van der Waals surface area contributed by atoms with Crippen LogP contribution in [-0.2, 0) is 20.0 Å². The van der Waals surface area contributed by atoms with Crippen molar-refractivity contribution in [2.24, 2.45) is 13.0 Å². The second kappa shape index (κ2) is 4.47. The first kappa shape index (κ1) is 10.3. The Morgan fingerprint density at radius 3 is 2.46 bits per heavy atom. The highest BCUT2D eigenvalue weighted by Gasteiger charge is 2.04. The van der Waals surface area contributed by atoms with Crippen LogP contribution in [0.5, 0.6) is 0 Å². The van der Waals surface area contributed by atoms with Gasteiger partial charge in [0.15, 0.2) is 0 Å². The molecule has 0 amide bonds. The second-order valence-corrected chi connectivity index (χ2v) is 4.00. The van der Waals surface area contributed by atoms with Crippen LogP contribution in [0.2, 0.25) is 0 Å². The van der Waals surface area contributed by atoms with Gasteiger partial charge in [0, 0.05) is 25.0 Å². The Balaban J connectivity index is 2.74. The van der Waals surface area contributed by atoms with Gasteiger partial charge in [0.1, 0.15) is 0 Å². The second-order valence-electron chi connectivity index (χ2n) is 4.00. The lowest BCUT2D eigenvalue weighted by atomic mass is 10.1. The molecule has 0 aliphatic rings. The molecule has 1 rings (SSSR count). The van der Waals surface area contributed by atoms with E-state index in [4.69, 9.17) is 0 Å². The van der Waals surface area contributed by atoms with Crippen molar-refractivity contribution in [2.75, 3.05) is 7.05 Å². The van der Waals surface area contributed by atoms with E-state index in [1.807, 2.05) is 7.05 Å². The first-order valence-corrected chi connectivity index (χ1v) is 4.93. The van der Waals surface area contributed by atoms with Crippen molar-refractivity contribution >= 4 is 0 Å². The Hall–Kier alpha value is -0.760. The molecule has 13 heavy (non-hydrogen) atoms. The molecule has 0 saturated carbocycles. The molecule has 1 heterocycles. The minimum Gasteiger partial charge on any atom is -0.350 e. The number of aromatic nitrogens is 1. The Morgan fingerprint density at radius 1 is 1.31 bits per heavy atom. The summed E-state index contributed by atoms with van der Waals surface area (Å²) >= 11 is 0. The van der Waals surface area contributed by atoms with E-state index < -0.39 is 0 Å². The van der Waals surface area contributed by atoms with Crippen molar-refractivity contribution in [1.82, 2.24) is 9.88 Å². The molecule has 2 heteroatoms. The van der Waals surface area contributed by atoms with Crippen LogP contribution < -0.4 is 5.32 Å². The fourth-order valence-electron chi connectivity index (χ4n) is 1.58. The number of hydrogen-bond donors (Lipinski definition) is 1. The molecule has 0 aliphatic heterocycles. The lowest BCUT2D eigenvalue weighted by Crippen LogP contribution is -2.11. The fourth-order valence-corrected chi connectivity index (χ4v) is 1.58. The van der Waals surface area contributed by atoms with Crippen LogP contribution in [-0.4, -0.2) is 11.6 Å². The number of rotatable bonds is 4. The predicted octanol–water partition coefficient (Wildman–Crippen LogP) is 1.94. The maximum Gasteiger partial charge on any atom is 0.0356 e. The maximum absolute atomic E-state index is 3.17. The van der Waals surface area contributed by atoms with Crippen LogP contribution in [0, 0.1) is 5.92 Å². The average molecular weight is 180 g/mol. The van der Waals surface area contributed by atoms with Crippen LogP contribution in [0.4, 0.5) is 0 Å². The van der Waals surface area contributed by atoms with Gasteiger partial charge in [0.2, 0.25) is 0 Å². The van der Waals surface area contributed by atoms with Crippen LogP contribution >= 0.6 is 0 Å². The van der Waals surface area contributed by atoms with Gasteiger partial charge in [-0.05, 0) is 31.5 Å². The highest BCUT2D eigenvalue weighted by molar-refractivity contribution is 5.16. The fraction of sp³-hybridized carbons (Fsp3) is 0.636. The summed E-state index contributed by atoms with van der Waals surface area (Å²) in [6, 6.07) is 4.43. The molecule has 2 nitrogen and oxygen atoms in total. The van der Waals surface area contributed by atoms with Gasteiger partial charge in [-0.2, -0.15) is 0 Å². The molecule has 0 saturated heterocycles. The van der Waals surface area contributed by atoms with Gasteiger partial charge < -0.3 is 9.88 Å². The molecular weight excluding hydrogens is 160 g/mol. The lowest BCUT2D eigenvalue weighted by molar-refractivity contribution is 0.605. The molecule has 1 aromatic heterocycles. The Labute approximate surface area is 81.0 Å². The van der Waals surface area contributed by atoms with E-state index >= 15 is 0 Å². The van der Waals surface area contributed by atoms with E-state index in [0.29, 0.717) is 0 Å². The smallest absolute Gasteiger partial charge is 0.0356 e. The van der Waals surface area contributed by atoms with Crippen molar-refractivity contribution in [2.45, 2.75) is 26.8 Å². The summed E-state index contributed by atoms with van der Waals surface area (Å²) in [5, 5.41) is 3.17. The average Bonchev–Trinajstić information content (AvgIpc) is 2.36. The van der Waals surface area contributed by atoms with E-state index in [0.717, 1.165) is 12.5 Å². The molecule has 0 spiro atoms. The van der Waals surface area contributed by atoms with E-state index in [2.05, 4.69) is 42.9 Å². The van der Waals surface area contributed by atoms with Crippen molar-refractivity contribution < 1.29 is 0 Å². The van der Waals surface area contributed by atoms with E-state index in [1.165, 1.54) is 17.8 Å². The van der Waals surface area contributed by atoms with Gasteiger partial charge in [-0.3, -0.25) is 0 Å². The van der Waals surface area contributed by atoms with Gasteiger partial charge in [-0.15, -0.1) is 0 Å². The van der Waals surface area contributed by atoms with E-state index in [-0.39, 0.29) is 0 Å². The van der Waals surface area contributed by atoms with Gasteiger partial charge >= 0.3 is 0 Å². The monoisotopic (exact) mass is 180 g/mol. The summed E-state index contributed by atoms with van der Waals surface area (Å²) in [7, 11) is 4.12. The summed E-state index contributed by atoms with van der Waals surface area (Å²) in [5.41, 5.74) is 2.79. The standard InChI is InChI=1S/C11H20N2/c1-9(2)7-10-5-6-11(8-12-3)13(10)4/h5-6,9,12H,7-8H2,1-4H3. The predicted molar refractivity (Wildman–Crippen MR) is 56.7 cm³/mol. The quantitative estimate of drug-likeness (QED) is 0.749. The minimum absolute atomic E-state index is 0.732. The summed E-state index contributed by atoms with van der Waals surface area (Å²) in [5.74, 6) is 0.732. The number of nitrogens with zero attached hydrogens (tertiary/aromatic N) is 1. The molecule has 0 aromatic carbocycles. The summed E-state index contributed by atoms with van der Waals surface area (Å²) < 4.78 is 2.29. The summed E-state index contributed by atoms with van der Waals surface area (Å²) in [6.07, 6.45) is 1.17. The van der Waals surface area contributed by atoms with Crippen molar-refractivity contribution in [3.63, 3.8) is 0 Å². The first-order chi connectivity index (χ1) is 6.15. The largest absolute Gasteiger partial charge is 0.350 e. The SMILES string of the molecule is CNCc1ccc(CC(C)C)n1C. The van der Waals surface area contributed by atoms with E-state index in [9.17, 15) is 0 Å². The van der Waals surface area contributed by atoms with Gasteiger partial charge in [-0.25, -0.2) is 0 Å². The Kier molecular flexibility index (Phi) is 3.55. The molecular formula is C11H20N2. The zero-order valence-corrected chi connectivity index (χ0v) is 9.09. The van der Waals surface area contributed by atoms with E-state index in [1.54, 1.807) is 0 Å². The molecule has 0 unspecified atom stereocenters. The summed E-state index contributed by atoms with van der Waals surface area (Å²) in [6.45, 7) is 5.46. The zero-order chi connectivity index (χ0) is 9.84. The molecule has 0 aliphatic carbocycles. The van der Waals surface area contributed by atoms with Gasteiger partial charge in [0.05, 0.1) is 0 Å². The third-order valence-electron chi connectivity index (χ3n) is 2.31. The van der Waals surface area contributed by atoms with Crippen LogP contribution in [0.15, 0.2) is 12.1 Å². The van der Waals surface area contributed by atoms with Crippen LogP contribution in [0.3, 0.4) is 0 Å². The Morgan fingerprint density at radius 2 is 1.92 bits per heavy atom. The van der Waals surface area contributed by atoms with Gasteiger partial charge in [0.25, 0.3) is 0 Å². The van der Waals surface area contributed by atoms with Gasteiger partial charge in [-0.1, -0.05) is 13.8 Å². The lowest BCUT2D eigenvalue weighted by Gasteiger charge is -2.09. The molecule has 0 fully saturated rings. The molecule has 1 N–H and O–H groups in total. The highest BCUT2D eigenvalue weighted by atomic mass is 15.0. The molecule has 0 atom stereocenters. The topological polar surface area (TPSA) is 17.0 Å². The summed E-state index contributed by atoms with van der Waals surface area (Å²) in [4.78, 5) is 0. The maximum atomic E-state index is 3.17. The first-order valence-electron chi connectivity index (χ1n) is 4.93. The minimum atomic E-state index is 0.732. The molecule has 0 bridgehead atoms. The highest BCUT2D eigenvalue weighted by Crippen LogP contribution is 2.11. The zero-order valence-electron chi connectivity index (χ0n) is 9.09. The normalized spacial score (nSPS) is 11.2. The van der Waals surface area contributed by atoms with Crippen molar-refractivity contribution in [3.8, 4) is 0 Å². The van der Waals surface area contributed by atoms with Crippen LogP contribution in [0.25, 0.3) is 0 Å². The number of nitrogens with one attached hydrogen (secondary N) is 1. The van der Waals surface area contributed by atoms with Crippen LogP contribution in [0.1, 0.15) is 25.2 Å². The third kappa shape index (κ3) is 2.59. The molecule has 1 aromatic rings. The Bertz CT molecular complexity index is 261. The van der Waals surface area contributed by atoms with Crippen molar-refractivity contribution in [1.29, 1.82) is 0 Å². The van der Waals surface area contributed by atoms with Crippen molar-refractivity contribution in [3.05, 3.63) is 23.5 Å².